The Labute approximate surface area is 173 Å². The third-order valence-corrected chi connectivity index (χ3v) is 6.39. The Balaban J connectivity index is 1.36. The molecule has 2 amide bonds. The van der Waals surface area contributed by atoms with E-state index in [0.717, 1.165) is 16.9 Å². The van der Waals surface area contributed by atoms with Crippen LogP contribution in [-0.2, 0) is 27.3 Å². The molecule has 2 fully saturated rings. The van der Waals surface area contributed by atoms with Gasteiger partial charge in [0.05, 0.1) is 19.8 Å². The van der Waals surface area contributed by atoms with Crippen molar-refractivity contribution in [1.82, 2.24) is 9.80 Å². The molecule has 6 nitrogen and oxygen atoms in total. The predicted octanol–water partition coefficient (Wildman–Crippen LogP) is 2.78. The monoisotopic (exact) mass is 400 g/mol. The highest BCUT2D eigenvalue weighted by molar-refractivity contribution is 5.77. The highest BCUT2D eigenvalue weighted by Gasteiger charge is 2.25. The number of morpholine rings is 1. The highest BCUT2D eigenvalue weighted by atomic mass is 16.5. The summed E-state index contributed by atoms with van der Waals surface area (Å²) in [7, 11) is 0. The van der Waals surface area contributed by atoms with E-state index in [1.165, 1.54) is 25.7 Å². The first-order valence-corrected chi connectivity index (χ1v) is 11.1. The lowest BCUT2D eigenvalue weighted by Gasteiger charge is -2.26. The number of rotatable bonds is 5. The van der Waals surface area contributed by atoms with Gasteiger partial charge in [-0.05, 0) is 36.8 Å². The fraction of sp³-hybridized carbons (Fsp3) is 0.652. The van der Waals surface area contributed by atoms with E-state index in [-0.39, 0.29) is 11.8 Å². The van der Waals surface area contributed by atoms with Crippen molar-refractivity contribution in [2.75, 3.05) is 39.5 Å². The lowest BCUT2D eigenvalue weighted by atomic mass is 10.0. The molecule has 2 heterocycles. The van der Waals surface area contributed by atoms with Crippen LogP contribution in [0.3, 0.4) is 0 Å². The summed E-state index contributed by atoms with van der Waals surface area (Å²) < 4.78 is 11.2. The third kappa shape index (κ3) is 5.30. The molecule has 1 aromatic carbocycles. The number of amides is 2. The van der Waals surface area contributed by atoms with E-state index in [1.54, 1.807) is 0 Å². The van der Waals surface area contributed by atoms with Crippen molar-refractivity contribution in [2.45, 2.75) is 51.5 Å². The van der Waals surface area contributed by atoms with Gasteiger partial charge in [0.2, 0.25) is 11.8 Å². The van der Waals surface area contributed by atoms with Crippen molar-refractivity contribution in [3.63, 3.8) is 0 Å². The van der Waals surface area contributed by atoms with E-state index in [0.29, 0.717) is 71.2 Å². The molecule has 1 saturated carbocycles. The van der Waals surface area contributed by atoms with Gasteiger partial charge < -0.3 is 19.3 Å². The normalized spacial score (nSPS) is 20.1. The van der Waals surface area contributed by atoms with Crippen LogP contribution in [-0.4, -0.2) is 61.1 Å². The number of hydrogen-bond acceptors (Lipinski definition) is 4. The molecule has 0 atom stereocenters. The van der Waals surface area contributed by atoms with Crippen molar-refractivity contribution in [3.8, 4) is 5.75 Å². The predicted molar refractivity (Wildman–Crippen MR) is 110 cm³/mol. The van der Waals surface area contributed by atoms with Crippen LogP contribution >= 0.6 is 0 Å². The molecule has 29 heavy (non-hydrogen) atoms. The number of hydrogen-bond donors (Lipinski definition) is 0. The molecule has 0 radical (unpaired) electrons. The molecule has 3 aliphatic rings. The molecule has 0 spiro atoms. The zero-order valence-corrected chi connectivity index (χ0v) is 17.2. The largest absolute Gasteiger partial charge is 0.491 e. The molecule has 0 bridgehead atoms. The Bertz CT molecular complexity index is 724. The molecule has 158 valence electrons. The zero-order valence-electron chi connectivity index (χ0n) is 17.2. The minimum absolute atomic E-state index is 0.188. The summed E-state index contributed by atoms with van der Waals surface area (Å²) in [5, 5.41) is 0. The summed E-state index contributed by atoms with van der Waals surface area (Å²) in [6.45, 7) is 4.43. The fourth-order valence-electron chi connectivity index (χ4n) is 4.63. The number of aryl methyl sites for hydroxylation is 1. The van der Waals surface area contributed by atoms with E-state index in [2.05, 4.69) is 6.07 Å². The average Bonchev–Trinajstić information content (AvgIpc) is 3.16. The second-order valence-electron chi connectivity index (χ2n) is 8.45. The second-order valence-corrected chi connectivity index (χ2v) is 8.45. The van der Waals surface area contributed by atoms with Gasteiger partial charge in [-0.2, -0.15) is 0 Å². The summed E-state index contributed by atoms with van der Waals surface area (Å²) in [5.41, 5.74) is 2.18. The van der Waals surface area contributed by atoms with Crippen molar-refractivity contribution in [3.05, 3.63) is 29.3 Å². The number of carbonyl (C=O) groups is 2. The molecule has 1 aromatic rings. The molecule has 0 unspecified atom stereocenters. The van der Waals surface area contributed by atoms with Crippen LogP contribution in [0.25, 0.3) is 0 Å². The van der Waals surface area contributed by atoms with Crippen LogP contribution in [0.4, 0.5) is 0 Å². The van der Waals surface area contributed by atoms with Gasteiger partial charge in [-0.15, -0.1) is 0 Å². The average molecular weight is 401 g/mol. The maximum atomic E-state index is 12.8. The van der Waals surface area contributed by atoms with E-state index in [4.69, 9.17) is 9.47 Å². The molecule has 0 N–H and O–H groups in total. The minimum Gasteiger partial charge on any atom is -0.491 e. The minimum atomic E-state index is 0.188. The molecule has 2 aliphatic heterocycles. The first kappa shape index (κ1) is 20.2. The van der Waals surface area contributed by atoms with Gasteiger partial charge in [0, 0.05) is 38.0 Å². The molecule has 6 heteroatoms. The number of fused-ring (bicyclic) bond motifs is 1. The van der Waals surface area contributed by atoms with Gasteiger partial charge in [-0.3, -0.25) is 9.59 Å². The van der Waals surface area contributed by atoms with Gasteiger partial charge in [-0.1, -0.05) is 25.0 Å². The smallest absolute Gasteiger partial charge is 0.223 e. The van der Waals surface area contributed by atoms with Gasteiger partial charge in [0.25, 0.3) is 0 Å². The molecule has 0 aromatic heterocycles. The van der Waals surface area contributed by atoms with Crippen molar-refractivity contribution >= 4 is 11.8 Å². The molecule has 1 saturated heterocycles. The fourth-order valence-corrected chi connectivity index (χ4v) is 4.63. The summed E-state index contributed by atoms with van der Waals surface area (Å²) in [5.74, 6) is 1.86. The van der Waals surface area contributed by atoms with Crippen molar-refractivity contribution in [2.24, 2.45) is 5.92 Å². The lowest BCUT2D eigenvalue weighted by molar-refractivity contribution is -0.135. The Morgan fingerprint density at radius 1 is 0.966 bits per heavy atom. The topological polar surface area (TPSA) is 59.1 Å². The Morgan fingerprint density at radius 2 is 1.72 bits per heavy atom. The quantitative estimate of drug-likeness (QED) is 0.763. The number of benzene rings is 1. The van der Waals surface area contributed by atoms with Crippen LogP contribution in [0.15, 0.2) is 18.2 Å². The summed E-state index contributed by atoms with van der Waals surface area (Å²) in [6.07, 6.45) is 6.78. The Hall–Kier alpha value is -2.08. The van der Waals surface area contributed by atoms with Crippen molar-refractivity contribution in [1.29, 1.82) is 0 Å². The van der Waals surface area contributed by atoms with Crippen LogP contribution in [0, 0.1) is 5.92 Å². The highest BCUT2D eigenvalue weighted by Crippen LogP contribution is 2.30. The Morgan fingerprint density at radius 3 is 2.52 bits per heavy atom. The molecular weight excluding hydrogens is 368 g/mol. The summed E-state index contributed by atoms with van der Waals surface area (Å²) in [6, 6.07) is 6.15. The van der Waals surface area contributed by atoms with Gasteiger partial charge in [-0.25, -0.2) is 0 Å². The maximum Gasteiger partial charge on any atom is 0.223 e. The molecular formula is C23H32N2O4. The third-order valence-electron chi connectivity index (χ3n) is 6.39. The Kier molecular flexibility index (Phi) is 6.70. The molecule has 4 rings (SSSR count). The zero-order chi connectivity index (χ0) is 20.1. The van der Waals surface area contributed by atoms with E-state index < -0.39 is 0 Å². The van der Waals surface area contributed by atoms with Crippen LogP contribution in [0.2, 0.25) is 0 Å². The second kappa shape index (κ2) is 9.61. The first-order chi connectivity index (χ1) is 14.2. The SMILES string of the molecule is O=C(CCc1ccc2c(c1)CN(C(=O)CC1CCCC1)CCO2)N1CCOCC1. The van der Waals surface area contributed by atoms with Crippen molar-refractivity contribution < 1.29 is 19.1 Å². The van der Waals surface area contributed by atoms with Crippen LogP contribution in [0.5, 0.6) is 5.75 Å². The molecule has 1 aliphatic carbocycles. The standard InChI is InChI=1S/C23H32N2O4/c26-22(24-9-12-28-13-10-24)8-6-19-5-7-21-20(15-19)17-25(11-14-29-21)23(27)16-18-3-1-2-4-18/h5,7,15,18H,1-4,6,8-14,16-17H2. The summed E-state index contributed by atoms with van der Waals surface area (Å²) in [4.78, 5) is 29.1. The number of carbonyl (C=O) groups excluding carboxylic acids is 2. The number of nitrogens with zero attached hydrogens (tertiary/aromatic N) is 2. The number of ether oxygens (including phenoxy) is 2. The van der Waals surface area contributed by atoms with Crippen LogP contribution < -0.4 is 4.74 Å². The van der Waals surface area contributed by atoms with E-state index in [1.807, 2.05) is 21.9 Å². The lowest BCUT2D eigenvalue weighted by Crippen LogP contribution is -2.40. The van der Waals surface area contributed by atoms with Gasteiger partial charge in [0.15, 0.2) is 0 Å². The van der Waals surface area contributed by atoms with Crippen LogP contribution in [0.1, 0.15) is 49.7 Å². The van der Waals surface area contributed by atoms with E-state index >= 15 is 0 Å². The van der Waals surface area contributed by atoms with Gasteiger partial charge >= 0.3 is 0 Å². The first-order valence-electron chi connectivity index (χ1n) is 11.1. The van der Waals surface area contributed by atoms with Gasteiger partial charge in [0.1, 0.15) is 12.4 Å². The maximum absolute atomic E-state index is 12.8. The summed E-state index contributed by atoms with van der Waals surface area (Å²) >= 11 is 0. The van der Waals surface area contributed by atoms with E-state index in [9.17, 15) is 9.59 Å².